The van der Waals surface area contributed by atoms with Gasteiger partial charge in [-0.15, -0.1) is 0 Å². The third-order valence-electron chi connectivity index (χ3n) is 3.83. The molecule has 0 aliphatic carbocycles. The van der Waals surface area contributed by atoms with Gasteiger partial charge in [-0.1, -0.05) is 12.1 Å². The van der Waals surface area contributed by atoms with Crippen LogP contribution in [-0.2, 0) is 0 Å². The number of nitrogens with one attached hydrogen (secondary N) is 1. The average molecular weight is 289 g/mol. The lowest BCUT2D eigenvalue weighted by molar-refractivity contribution is 0.399. The fraction of sp³-hybridized carbons (Fsp3) is 0.111. The zero-order valence-corrected chi connectivity index (χ0v) is 12.4. The van der Waals surface area contributed by atoms with Crippen LogP contribution in [0.5, 0.6) is 5.88 Å². The summed E-state index contributed by atoms with van der Waals surface area (Å²) in [6.45, 7) is 2.06. The molecular weight excluding hydrogens is 274 g/mol. The molecule has 0 saturated heterocycles. The maximum Gasteiger partial charge on any atom is 0.213 e. The van der Waals surface area contributed by atoms with Crippen molar-refractivity contribution in [3.63, 3.8) is 0 Å². The number of para-hydroxylation sites is 2. The van der Waals surface area contributed by atoms with Crippen LogP contribution >= 0.6 is 0 Å². The largest absolute Gasteiger partial charge is 0.481 e. The summed E-state index contributed by atoms with van der Waals surface area (Å²) in [4.78, 5) is 12.6. The Balaban J connectivity index is 1.91. The molecule has 0 fully saturated rings. The molecule has 0 radical (unpaired) electrons. The van der Waals surface area contributed by atoms with Gasteiger partial charge in [-0.05, 0) is 42.8 Å². The molecule has 0 unspecified atom stereocenters. The number of nitrogens with zero attached hydrogens (tertiary/aromatic N) is 2. The highest BCUT2D eigenvalue weighted by molar-refractivity contribution is 5.88. The maximum atomic E-state index is 5.20. The zero-order chi connectivity index (χ0) is 15.1. The second-order valence-corrected chi connectivity index (χ2v) is 5.32. The molecule has 2 aromatic heterocycles. The van der Waals surface area contributed by atoms with Crippen molar-refractivity contribution < 1.29 is 4.74 Å². The van der Waals surface area contributed by atoms with Crippen molar-refractivity contribution in [1.29, 1.82) is 0 Å². The molecular formula is C18H15N3O. The predicted molar refractivity (Wildman–Crippen MR) is 88.1 cm³/mol. The Morgan fingerprint density at radius 3 is 2.68 bits per heavy atom. The summed E-state index contributed by atoms with van der Waals surface area (Å²) in [5.74, 6) is 1.51. The highest BCUT2D eigenvalue weighted by Crippen LogP contribution is 2.27. The van der Waals surface area contributed by atoms with Crippen LogP contribution in [-0.4, -0.2) is 22.1 Å². The molecule has 4 heteroatoms. The SMILES string of the molecule is COc1ccc2cc(-c3nc4ccccc4[nH]3)cc(C)c2n1. The zero-order valence-electron chi connectivity index (χ0n) is 12.4. The van der Waals surface area contributed by atoms with Gasteiger partial charge in [0.2, 0.25) is 5.88 Å². The van der Waals surface area contributed by atoms with Crippen LogP contribution in [0.1, 0.15) is 5.56 Å². The summed E-state index contributed by atoms with van der Waals surface area (Å²) in [5, 5.41) is 1.08. The monoisotopic (exact) mass is 289 g/mol. The second kappa shape index (κ2) is 4.84. The highest BCUT2D eigenvalue weighted by Gasteiger charge is 2.09. The summed E-state index contributed by atoms with van der Waals surface area (Å²) in [5.41, 5.74) is 5.14. The number of methoxy groups -OCH3 is 1. The summed E-state index contributed by atoms with van der Waals surface area (Å²) >= 11 is 0. The van der Waals surface area contributed by atoms with E-state index in [0.717, 1.165) is 38.9 Å². The molecule has 22 heavy (non-hydrogen) atoms. The average Bonchev–Trinajstić information content (AvgIpc) is 2.98. The van der Waals surface area contributed by atoms with E-state index in [1.54, 1.807) is 7.11 Å². The summed E-state index contributed by atoms with van der Waals surface area (Å²) in [7, 11) is 1.63. The third-order valence-corrected chi connectivity index (χ3v) is 3.83. The van der Waals surface area contributed by atoms with Crippen molar-refractivity contribution in [1.82, 2.24) is 15.0 Å². The van der Waals surface area contributed by atoms with Gasteiger partial charge >= 0.3 is 0 Å². The Bertz CT molecular complexity index is 955. The van der Waals surface area contributed by atoms with Crippen LogP contribution in [0.15, 0.2) is 48.5 Å². The first-order valence-electron chi connectivity index (χ1n) is 7.15. The number of ether oxygens (including phenoxy) is 1. The van der Waals surface area contributed by atoms with Gasteiger partial charge in [-0.2, -0.15) is 0 Å². The Labute approximate surface area is 127 Å². The lowest BCUT2D eigenvalue weighted by Crippen LogP contribution is -1.91. The van der Waals surface area contributed by atoms with E-state index in [2.05, 4.69) is 34.0 Å². The van der Waals surface area contributed by atoms with Crippen molar-refractivity contribution in [2.24, 2.45) is 0 Å². The molecule has 0 aliphatic heterocycles. The van der Waals surface area contributed by atoms with Gasteiger partial charge < -0.3 is 9.72 Å². The number of rotatable bonds is 2. The van der Waals surface area contributed by atoms with E-state index < -0.39 is 0 Å². The first-order chi connectivity index (χ1) is 10.7. The van der Waals surface area contributed by atoms with Gasteiger partial charge in [-0.3, -0.25) is 0 Å². The molecule has 0 bridgehead atoms. The van der Waals surface area contributed by atoms with Gasteiger partial charge in [0.1, 0.15) is 5.82 Å². The first-order valence-corrected chi connectivity index (χ1v) is 7.15. The van der Waals surface area contributed by atoms with Crippen LogP contribution in [0.4, 0.5) is 0 Å². The molecule has 0 spiro atoms. The third kappa shape index (κ3) is 2.00. The Hall–Kier alpha value is -2.88. The number of fused-ring (bicyclic) bond motifs is 2. The second-order valence-electron chi connectivity index (χ2n) is 5.32. The quantitative estimate of drug-likeness (QED) is 0.604. The Morgan fingerprint density at radius 1 is 1.00 bits per heavy atom. The molecule has 0 saturated carbocycles. The summed E-state index contributed by atoms with van der Waals surface area (Å²) in [6.07, 6.45) is 0. The van der Waals surface area contributed by atoms with E-state index in [1.165, 1.54) is 0 Å². The van der Waals surface area contributed by atoms with Crippen molar-refractivity contribution >= 4 is 21.9 Å². The first kappa shape index (κ1) is 12.8. The van der Waals surface area contributed by atoms with Crippen LogP contribution in [0.2, 0.25) is 0 Å². The van der Waals surface area contributed by atoms with Gasteiger partial charge in [0.15, 0.2) is 0 Å². The normalized spacial score (nSPS) is 11.2. The van der Waals surface area contributed by atoms with E-state index in [-0.39, 0.29) is 0 Å². The Morgan fingerprint density at radius 2 is 1.86 bits per heavy atom. The molecule has 0 aliphatic rings. The lowest BCUT2D eigenvalue weighted by Gasteiger charge is -2.06. The van der Waals surface area contributed by atoms with Crippen LogP contribution in [0.25, 0.3) is 33.3 Å². The summed E-state index contributed by atoms with van der Waals surface area (Å²) in [6, 6.07) is 16.2. The molecule has 108 valence electrons. The minimum atomic E-state index is 0.632. The predicted octanol–water partition coefficient (Wildman–Crippen LogP) is 4.10. The van der Waals surface area contributed by atoms with Crippen LogP contribution in [0, 0.1) is 6.92 Å². The number of benzene rings is 2. The van der Waals surface area contributed by atoms with E-state index in [1.807, 2.05) is 36.4 Å². The highest BCUT2D eigenvalue weighted by atomic mass is 16.5. The number of H-pyrrole nitrogens is 1. The molecule has 1 N–H and O–H groups in total. The van der Waals surface area contributed by atoms with E-state index >= 15 is 0 Å². The topological polar surface area (TPSA) is 50.8 Å². The van der Waals surface area contributed by atoms with Gasteiger partial charge in [0.05, 0.1) is 23.7 Å². The maximum absolute atomic E-state index is 5.20. The minimum Gasteiger partial charge on any atom is -0.481 e. The standard InChI is InChI=1S/C18H15N3O/c1-11-9-13(10-12-7-8-16(22-2)21-17(11)12)18-19-14-5-3-4-6-15(14)20-18/h3-10H,1-2H3,(H,19,20). The van der Waals surface area contributed by atoms with Crippen LogP contribution < -0.4 is 4.74 Å². The summed E-state index contributed by atoms with van der Waals surface area (Å²) < 4.78 is 5.20. The number of hydrogen-bond acceptors (Lipinski definition) is 3. The van der Waals surface area contributed by atoms with Crippen molar-refractivity contribution in [2.75, 3.05) is 7.11 Å². The van der Waals surface area contributed by atoms with Crippen molar-refractivity contribution in [2.45, 2.75) is 6.92 Å². The number of aromatic amines is 1. The van der Waals surface area contributed by atoms with Crippen LogP contribution in [0.3, 0.4) is 0 Å². The Kier molecular flexibility index (Phi) is 2.82. The molecule has 4 nitrogen and oxygen atoms in total. The number of pyridine rings is 1. The van der Waals surface area contributed by atoms with E-state index in [4.69, 9.17) is 4.74 Å². The van der Waals surface area contributed by atoms with Gasteiger partial charge in [-0.25, -0.2) is 9.97 Å². The molecule has 4 aromatic rings. The molecule has 4 rings (SSSR count). The fourth-order valence-corrected chi connectivity index (χ4v) is 2.74. The smallest absolute Gasteiger partial charge is 0.213 e. The van der Waals surface area contributed by atoms with Crippen molar-refractivity contribution in [3.05, 3.63) is 54.1 Å². The molecule has 0 atom stereocenters. The lowest BCUT2D eigenvalue weighted by atomic mass is 10.1. The number of aromatic nitrogens is 3. The number of aryl methyl sites for hydroxylation is 1. The molecule has 2 heterocycles. The van der Waals surface area contributed by atoms with Crippen molar-refractivity contribution in [3.8, 4) is 17.3 Å². The number of imidazole rings is 1. The minimum absolute atomic E-state index is 0.632. The van der Waals surface area contributed by atoms with E-state index in [9.17, 15) is 0 Å². The van der Waals surface area contributed by atoms with E-state index in [0.29, 0.717) is 5.88 Å². The van der Waals surface area contributed by atoms with Gasteiger partial charge in [0, 0.05) is 17.0 Å². The number of hydrogen-bond donors (Lipinski definition) is 1. The molecule has 2 aromatic carbocycles. The molecule has 0 amide bonds. The fourth-order valence-electron chi connectivity index (χ4n) is 2.74. The van der Waals surface area contributed by atoms with Gasteiger partial charge in [0.25, 0.3) is 0 Å².